The second-order valence-corrected chi connectivity index (χ2v) is 9.55. The zero-order chi connectivity index (χ0) is 22.7. The molecule has 0 radical (unpaired) electrons. The van der Waals surface area contributed by atoms with Crippen molar-refractivity contribution in [3.05, 3.63) is 71.0 Å². The number of benzene rings is 2. The van der Waals surface area contributed by atoms with Gasteiger partial charge in [0.05, 0.1) is 17.5 Å². The molecule has 1 N–H and O–H groups in total. The summed E-state index contributed by atoms with van der Waals surface area (Å²) in [5.74, 6) is 1.09. The second-order valence-electron chi connectivity index (χ2n) is 8.61. The average Bonchev–Trinajstić information content (AvgIpc) is 3.57. The van der Waals surface area contributed by atoms with E-state index in [4.69, 9.17) is 0 Å². The Hall–Kier alpha value is -3.11. The number of hydrogen-bond acceptors (Lipinski definition) is 5. The number of hydrogen-bond donors (Lipinski definition) is 1. The van der Waals surface area contributed by atoms with Crippen LogP contribution in [0, 0.1) is 31.1 Å². The van der Waals surface area contributed by atoms with E-state index in [1.54, 1.807) is 0 Å². The summed E-state index contributed by atoms with van der Waals surface area (Å²) in [4.78, 5) is 12.6. The highest BCUT2D eigenvalue weighted by molar-refractivity contribution is 7.99. The monoisotopic (exact) mass is 445 g/mol. The molecule has 7 heteroatoms. The highest BCUT2D eigenvalue weighted by atomic mass is 32.2. The number of nitrogens with zero attached hydrogens (tertiary/aromatic N) is 4. The normalized spacial score (nSPS) is 15.1. The Morgan fingerprint density at radius 2 is 1.97 bits per heavy atom. The molecule has 6 nitrogen and oxygen atoms in total. The van der Waals surface area contributed by atoms with E-state index in [-0.39, 0.29) is 17.6 Å². The van der Waals surface area contributed by atoms with Crippen molar-refractivity contribution in [2.45, 2.75) is 50.7 Å². The molecule has 2 aromatic carbocycles. The van der Waals surface area contributed by atoms with Gasteiger partial charge < -0.3 is 5.32 Å². The minimum absolute atomic E-state index is 0.161. The standard InChI is InChI=1S/C25H27N5OS/c1-17-9-12-21(18(2)13-17)30-22(14-19-7-5-4-6-8-19)28-29-24(30)32-15-23(31)27-25(3,16-26)20-10-11-20/h4-9,12-13,20H,10-11,14-15H2,1-3H3,(H,27,31). The fourth-order valence-corrected chi connectivity index (χ4v) is 4.69. The van der Waals surface area contributed by atoms with Crippen LogP contribution < -0.4 is 5.32 Å². The van der Waals surface area contributed by atoms with Gasteiger partial charge in [-0.1, -0.05) is 59.8 Å². The molecule has 1 aromatic heterocycles. The van der Waals surface area contributed by atoms with Gasteiger partial charge in [0.15, 0.2) is 5.16 Å². The number of amides is 1. The molecule has 0 bridgehead atoms. The van der Waals surface area contributed by atoms with Crippen LogP contribution in [0.25, 0.3) is 5.69 Å². The maximum absolute atomic E-state index is 12.6. The van der Waals surface area contributed by atoms with Crippen LogP contribution in [0.5, 0.6) is 0 Å². The van der Waals surface area contributed by atoms with Gasteiger partial charge in [0.2, 0.25) is 5.91 Å². The Balaban J connectivity index is 1.59. The fourth-order valence-electron chi connectivity index (χ4n) is 3.92. The molecule has 1 heterocycles. The molecule has 1 aliphatic carbocycles. The molecule has 0 spiro atoms. The highest BCUT2D eigenvalue weighted by Crippen LogP contribution is 2.39. The summed E-state index contributed by atoms with van der Waals surface area (Å²) in [5, 5.41) is 22.0. The lowest BCUT2D eigenvalue weighted by Gasteiger charge is -2.22. The maximum Gasteiger partial charge on any atom is 0.231 e. The van der Waals surface area contributed by atoms with Crippen molar-refractivity contribution in [2.24, 2.45) is 5.92 Å². The van der Waals surface area contributed by atoms with Crippen LogP contribution >= 0.6 is 11.8 Å². The number of thioether (sulfide) groups is 1. The van der Waals surface area contributed by atoms with Crippen LogP contribution in [0.2, 0.25) is 0 Å². The van der Waals surface area contributed by atoms with E-state index in [2.05, 4.69) is 65.8 Å². The molecule has 3 aromatic rings. The molecule has 32 heavy (non-hydrogen) atoms. The van der Waals surface area contributed by atoms with Crippen LogP contribution in [0.4, 0.5) is 0 Å². The van der Waals surface area contributed by atoms with Gasteiger partial charge in [0.25, 0.3) is 0 Å². The molecule has 1 amide bonds. The van der Waals surface area contributed by atoms with Gasteiger partial charge in [0, 0.05) is 6.42 Å². The Bertz CT molecular complexity index is 1160. The van der Waals surface area contributed by atoms with Gasteiger partial charge in [-0.25, -0.2) is 0 Å². The van der Waals surface area contributed by atoms with Crippen molar-refractivity contribution in [2.75, 3.05) is 5.75 Å². The first-order chi connectivity index (χ1) is 15.4. The van der Waals surface area contributed by atoms with Crippen molar-refractivity contribution in [1.29, 1.82) is 5.26 Å². The maximum atomic E-state index is 12.6. The first kappa shape index (κ1) is 22.1. The number of carbonyl (C=O) groups is 1. The zero-order valence-electron chi connectivity index (χ0n) is 18.6. The minimum Gasteiger partial charge on any atom is -0.337 e. The first-order valence-corrected chi connectivity index (χ1v) is 11.8. The first-order valence-electron chi connectivity index (χ1n) is 10.8. The molecule has 1 aliphatic rings. The molecule has 1 atom stereocenters. The number of aromatic nitrogens is 3. The average molecular weight is 446 g/mol. The lowest BCUT2D eigenvalue weighted by molar-refractivity contribution is -0.119. The molecular formula is C25H27N5OS. The smallest absolute Gasteiger partial charge is 0.231 e. The van der Waals surface area contributed by atoms with Gasteiger partial charge in [-0.3, -0.25) is 9.36 Å². The summed E-state index contributed by atoms with van der Waals surface area (Å²) in [7, 11) is 0. The minimum atomic E-state index is -0.794. The zero-order valence-corrected chi connectivity index (χ0v) is 19.4. The Morgan fingerprint density at radius 1 is 1.22 bits per heavy atom. The van der Waals surface area contributed by atoms with Gasteiger partial charge in [-0.2, -0.15) is 5.26 Å². The van der Waals surface area contributed by atoms with Crippen molar-refractivity contribution in [1.82, 2.24) is 20.1 Å². The predicted molar refractivity (Wildman–Crippen MR) is 126 cm³/mol. The number of aryl methyl sites for hydroxylation is 2. The summed E-state index contributed by atoms with van der Waals surface area (Å²) in [5.41, 5.74) is 3.67. The summed E-state index contributed by atoms with van der Waals surface area (Å²) in [6.45, 7) is 5.95. The largest absolute Gasteiger partial charge is 0.337 e. The van der Waals surface area contributed by atoms with Crippen LogP contribution in [0.3, 0.4) is 0 Å². The summed E-state index contributed by atoms with van der Waals surface area (Å²) in [6, 6.07) is 18.7. The topological polar surface area (TPSA) is 83.6 Å². The van der Waals surface area contributed by atoms with E-state index >= 15 is 0 Å². The lowest BCUT2D eigenvalue weighted by atomic mass is 9.98. The third-order valence-electron chi connectivity index (χ3n) is 5.86. The number of carbonyl (C=O) groups excluding carboxylic acids is 1. The molecule has 4 rings (SSSR count). The molecule has 1 saturated carbocycles. The number of rotatable bonds is 8. The van der Waals surface area contributed by atoms with Crippen molar-refractivity contribution in [3.8, 4) is 11.8 Å². The molecular weight excluding hydrogens is 418 g/mol. The molecule has 1 unspecified atom stereocenters. The van der Waals surface area contributed by atoms with Gasteiger partial charge in [-0.05, 0) is 56.7 Å². The second kappa shape index (κ2) is 9.17. The van der Waals surface area contributed by atoms with Crippen molar-refractivity contribution in [3.63, 3.8) is 0 Å². The van der Waals surface area contributed by atoms with Gasteiger partial charge >= 0.3 is 0 Å². The van der Waals surface area contributed by atoms with Crippen LogP contribution in [0.15, 0.2) is 53.7 Å². The van der Waals surface area contributed by atoms with Crippen molar-refractivity contribution < 1.29 is 4.79 Å². The Morgan fingerprint density at radius 3 is 2.62 bits per heavy atom. The highest BCUT2D eigenvalue weighted by Gasteiger charge is 2.43. The van der Waals surface area contributed by atoms with Crippen LogP contribution in [-0.4, -0.2) is 32.0 Å². The number of nitriles is 1. The molecule has 0 aliphatic heterocycles. The van der Waals surface area contributed by atoms with E-state index in [9.17, 15) is 10.1 Å². The van der Waals surface area contributed by atoms with Crippen LogP contribution in [0.1, 0.15) is 42.3 Å². The lowest BCUT2D eigenvalue weighted by Crippen LogP contribution is -2.47. The molecule has 164 valence electrons. The van der Waals surface area contributed by atoms with E-state index in [0.29, 0.717) is 11.6 Å². The molecule has 1 fully saturated rings. The predicted octanol–water partition coefficient (Wildman–Crippen LogP) is 4.38. The quantitative estimate of drug-likeness (QED) is 0.521. The van der Waals surface area contributed by atoms with E-state index < -0.39 is 5.54 Å². The summed E-state index contributed by atoms with van der Waals surface area (Å²) >= 11 is 1.35. The van der Waals surface area contributed by atoms with E-state index in [0.717, 1.165) is 35.5 Å². The van der Waals surface area contributed by atoms with Crippen LogP contribution in [-0.2, 0) is 11.2 Å². The molecule has 0 saturated heterocycles. The summed E-state index contributed by atoms with van der Waals surface area (Å²) in [6.07, 6.45) is 2.62. The fraction of sp³-hybridized carbons (Fsp3) is 0.360. The summed E-state index contributed by atoms with van der Waals surface area (Å²) < 4.78 is 2.05. The third-order valence-corrected chi connectivity index (χ3v) is 6.79. The Labute approximate surface area is 193 Å². The van der Waals surface area contributed by atoms with Crippen molar-refractivity contribution >= 4 is 17.7 Å². The van der Waals surface area contributed by atoms with Gasteiger partial charge in [-0.15, -0.1) is 10.2 Å². The third kappa shape index (κ3) is 4.86. The Kier molecular flexibility index (Phi) is 6.33. The van der Waals surface area contributed by atoms with E-state index in [1.165, 1.54) is 17.3 Å². The number of nitrogens with one attached hydrogen (secondary N) is 1. The van der Waals surface area contributed by atoms with Gasteiger partial charge in [0.1, 0.15) is 11.4 Å². The van der Waals surface area contributed by atoms with E-state index in [1.807, 2.05) is 29.7 Å². The SMILES string of the molecule is Cc1ccc(-n2c(Cc3ccccc3)nnc2SCC(=O)NC(C)(C#N)C2CC2)c(C)c1.